The van der Waals surface area contributed by atoms with Crippen LogP contribution in [-0.2, 0) is 17.9 Å². The molecular formula is C23H22N2O4. The summed E-state index contributed by atoms with van der Waals surface area (Å²) in [5.74, 6) is 1.21. The smallest absolute Gasteiger partial charge is 0.255 e. The van der Waals surface area contributed by atoms with Gasteiger partial charge in [0, 0.05) is 12.1 Å². The summed E-state index contributed by atoms with van der Waals surface area (Å²) >= 11 is 0. The molecule has 1 aromatic heterocycles. The first kappa shape index (κ1) is 18.8. The van der Waals surface area contributed by atoms with Gasteiger partial charge in [-0.3, -0.25) is 9.59 Å². The molecule has 1 N–H and O–H groups in total. The van der Waals surface area contributed by atoms with E-state index in [-0.39, 0.29) is 24.3 Å². The van der Waals surface area contributed by atoms with Crippen molar-refractivity contribution < 1.29 is 18.7 Å². The highest BCUT2D eigenvalue weighted by molar-refractivity contribution is 5.98. The van der Waals surface area contributed by atoms with Crippen molar-refractivity contribution in [3.05, 3.63) is 89.4 Å². The van der Waals surface area contributed by atoms with E-state index in [2.05, 4.69) is 5.32 Å². The summed E-state index contributed by atoms with van der Waals surface area (Å²) in [5, 5.41) is 2.87. The molecule has 0 saturated carbocycles. The number of carbonyl (C=O) groups excluding carboxylic acids is 2. The van der Waals surface area contributed by atoms with Gasteiger partial charge in [0.2, 0.25) is 5.91 Å². The third-order valence-electron chi connectivity index (χ3n) is 5.14. The number of methoxy groups -OCH3 is 1. The van der Waals surface area contributed by atoms with E-state index < -0.39 is 0 Å². The highest BCUT2D eigenvalue weighted by Crippen LogP contribution is 2.34. The molecule has 0 aliphatic carbocycles. The molecule has 1 aliphatic heterocycles. The number of ether oxygens (including phenoxy) is 1. The summed E-state index contributed by atoms with van der Waals surface area (Å²) in [4.78, 5) is 27.4. The molecule has 148 valence electrons. The predicted octanol–water partition coefficient (Wildman–Crippen LogP) is 3.69. The lowest BCUT2D eigenvalue weighted by atomic mass is 10.0. The first-order chi connectivity index (χ1) is 14.2. The molecule has 1 atom stereocenters. The van der Waals surface area contributed by atoms with Crippen LogP contribution in [0.1, 0.15) is 39.7 Å². The van der Waals surface area contributed by atoms with Crippen molar-refractivity contribution in [3.63, 3.8) is 0 Å². The van der Waals surface area contributed by atoms with E-state index in [0.717, 1.165) is 16.9 Å². The van der Waals surface area contributed by atoms with E-state index >= 15 is 0 Å². The van der Waals surface area contributed by atoms with Gasteiger partial charge in [-0.2, -0.15) is 0 Å². The molecule has 0 bridgehead atoms. The quantitative estimate of drug-likeness (QED) is 0.668. The lowest BCUT2D eigenvalue weighted by Gasteiger charge is -2.28. The van der Waals surface area contributed by atoms with Gasteiger partial charge in [-0.1, -0.05) is 30.3 Å². The van der Waals surface area contributed by atoms with E-state index in [0.29, 0.717) is 24.4 Å². The summed E-state index contributed by atoms with van der Waals surface area (Å²) in [6, 6.07) is 18.3. The third kappa shape index (κ3) is 4.01. The van der Waals surface area contributed by atoms with Crippen LogP contribution in [0.4, 0.5) is 0 Å². The van der Waals surface area contributed by atoms with Crippen LogP contribution in [0.3, 0.4) is 0 Å². The molecule has 0 saturated heterocycles. The van der Waals surface area contributed by atoms with Gasteiger partial charge in [0.25, 0.3) is 5.91 Å². The summed E-state index contributed by atoms with van der Waals surface area (Å²) < 4.78 is 10.5. The highest BCUT2D eigenvalue weighted by atomic mass is 16.5. The molecule has 2 amide bonds. The number of rotatable bonds is 7. The van der Waals surface area contributed by atoms with Gasteiger partial charge in [-0.05, 0) is 41.5 Å². The second-order valence-electron chi connectivity index (χ2n) is 6.94. The van der Waals surface area contributed by atoms with E-state index in [9.17, 15) is 9.59 Å². The lowest BCUT2D eigenvalue weighted by molar-refractivity contribution is -0.122. The number of nitrogens with zero attached hydrogens (tertiary/aromatic N) is 1. The summed E-state index contributed by atoms with van der Waals surface area (Å²) in [7, 11) is 1.61. The van der Waals surface area contributed by atoms with Gasteiger partial charge in [-0.25, -0.2) is 0 Å². The maximum atomic E-state index is 13.0. The molecular weight excluding hydrogens is 368 g/mol. The number of benzene rings is 2. The molecule has 4 rings (SSSR count). The number of amides is 2. The standard InChI is InChI=1S/C23H22N2O4/c1-28-18-10-8-16(9-11-18)21(13-22(26)24-14-19-6-4-12-29-19)25-15-17-5-2-3-7-20(17)23(25)27/h2-12,21H,13-15H2,1H3,(H,24,26)/t21-/m0/s1. The van der Waals surface area contributed by atoms with Crippen molar-refractivity contribution in [2.45, 2.75) is 25.6 Å². The van der Waals surface area contributed by atoms with Crippen molar-refractivity contribution in [1.82, 2.24) is 10.2 Å². The van der Waals surface area contributed by atoms with Crippen LogP contribution < -0.4 is 10.1 Å². The lowest BCUT2D eigenvalue weighted by Crippen LogP contribution is -2.34. The second kappa shape index (κ2) is 8.22. The molecule has 2 aromatic carbocycles. The Balaban J connectivity index is 1.56. The van der Waals surface area contributed by atoms with Crippen LogP contribution in [0.5, 0.6) is 5.75 Å². The molecule has 0 spiro atoms. The van der Waals surface area contributed by atoms with Crippen LogP contribution in [0.25, 0.3) is 0 Å². The van der Waals surface area contributed by atoms with Crippen molar-refractivity contribution >= 4 is 11.8 Å². The molecule has 29 heavy (non-hydrogen) atoms. The molecule has 0 radical (unpaired) electrons. The molecule has 1 aliphatic rings. The Kier molecular flexibility index (Phi) is 5.33. The van der Waals surface area contributed by atoms with Gasteiger partial charge in [-0.15, -0.1) is 0 Å². The minimum Gasteiger partial charge on any atom is -0.497 e. The van der Waals surface area contributed by atoms with Crippen LogP contribution in [0.2, 0.25) is 0 Å². The zero-order valence-corrected chi connectivity index (χ0v) is 16.1. The van der Waals surface area contributed by atoms with Gasteiger partial charge >= 0.3 is 0 Å². The third-order valence-corrected chi connectivity index (χ3v) is 5.14. The molecule has 0 unspecified atom stereocenters. The summed E-state index contributed by atoms with van der Waals surface area (Å²) in [6.07, 6.45) is 1.73. The Labute approximate surface area is 169 Å². The van der Waals surface area contributed by atoms with Gasteiger partial charge in [0.1, 0.15) is 11.5 Å². The SMILES string of the molecule is COc1ccc([C@H](CC(=O)NCc2ccco2)N2Cc3ccccc3C2=O)cc1. The van der Waals surface area contributed by atoms with Gasteiger partial charge in [0.05, 0.1) is 32.4 Å². The Morgan fingerprint density at radius 2 is 1.93 bits per heavy atom. The number of fused-ring (bicyclic) bond motifs is 1. The normalized spacial score (nSPS) is 13.8. The Morgan fingerprint density at radius 3 is 2.62 bits per heavy atom. The van der Waals surface area contributed by atoms with Crippen LogP contribution in [0.15, 0.2) is 71.3 Å². The Hall–Kier alpha value is -3.54. The highest BCUT2D eigenvalue weighted by Gasteiger charge is 2.34. The average molecular weight is 390 g/mol. The molecule has 3 aromatic rings. The van der Waals surface area contributed by atoms with Crippen molar-refractivity contribution in [2.24, 2.45) is 0 Å². The van der Waals surface area contributed by atoms with Gasteiger partial charge < -0.3 is 19.4 Å². The fourth-order valence-corrected chi connectivity index (χ4v) is 3.61. The van der Waals surface area contributed by atoms with Crippen molar-refractivity contribution in [1.29, 1.82) is 0 Å². The minimum atomic E-state index is -0.377. The number of hydrogen-bond acceptors (Lipinski definition) is 4. The zero-order chi connectivity index (χ0) is 20.2. The molecule has 6 nitrogen and oxygen atoms in total. The maximum absolute atomic E-state index is 13.0. The van der Waals surface area contributed by atoms with E-state index in [1.807, 2.05) is 54.6 Å². The average Bonchev–Trinajstić information content (AvgIpc) is 3.39. The maximum Gasteiger partial charge on any atom is 0.255 e. The van der Waals surface area contributed by atoms with Crippen LogP contribution in [-0.4, -0.2) is 23.8 Å². The van der Waals surface area contributed by atoms with Crippen LogP contribution in [0, 0.1) is 0 Å². The topological polar surface area (TPSA) is 71.8 Å². The summed E-state index contributed by atoms with van der Waals surface area (Å²) in [6.45, 7) is 0.798. The zero-order valence-electron chi connectivity index (χ0n) is 16.1. The Morgan fingerprint density at radius 1 is 1.14 bits per heavy atom. The van der Waals surface area contributed by atoms with E-state index in [4.69, 9.17) is 9.15 Å². The Bertz CT molecular complexity index is 996. The fraction of sp³-hybridized carbons (Fsp3) is 0.217. The second-order valence-corrected chi connectivity index (χ2v) is 6.94. The minimum absolute atomic E-state index is 0.0553. The number of furan rings is 1. The first-order valence-corrected chi connectivity index (χ1v) is 9.47. The fourth-order valence-electron chi connectivity index (χ4n) is 3.61. The van der Waals surface area contributed by atoms with Crippen molar-refractivity contribution in [3.8, 4) is 5.75 Å². The van der Waals surface area contributed by atoms with E-state index in [1.165, 1.54) is 0 Å². The van der Waals surface area contributed by atoms with Crippen molar-refractivity contribution in [2.75, 3.05) is 7.11 Å². The van der Waals surface area contributed by atoms with Gasteiger partial charge in [0.15, 0.2) is 0 Å². The molecule has 0 fully saturated rings. The predicted molar refractivity (Wildman–Crippen MR) is 107 cm³/mol. The number of nitrogens with one attached hydrogen (secondary N) is 1. The number of carbonyl (C=O) groups is 2. The molecule has 2 heterocycles. The van der Waals surface area contributed by atoms with Crippen LogP contribution >= 0.6 is 0 Å². The molecule has 6 heteroatoms. The summed E-state index contributed by atoms with van der Waals surface area (Å²) in [5.41, 5.74) is 2.56. The monoisotopic (exact) mass is 390 g/mol. The largest absolute Gasteiger partial charge is 0.497 e. The first-order valence-electron chi connectivity index (χ1n) is 9.47. The number of hydrogen-bond donors (Lipinski definition) is 1. The van der Waals surface area contributed by atoms with E-state index in [1.54, 1.807) is 24.3 Å².